The van der Waals surface area contributed by atoms with Crippen molar-refractivity contribution in [3.05, 3.63) is 169 Å². The van der Waals surface area contributed by atoms with Crippen molar-refractivity contribution in [2.24, 2.45) is 0 Å². The number of hydrogen-bond donors (Lipinski definition) is 0. The van der Waals surface area contributed by atoms with Crippen LogP contribution < -0.4 is 0 Å². The average Bonchev–Trinajstić information content (AvgIpc) is 3.79. The third-order valence-corrected chi connectivity index (χ3v) is 10.5. The molecule has 0 amide bonds. The average molecular weight is 697 g/mol. The molecule has 0 aliphatic carbocycles. The zero-order valence-corrected chi connectivity index (χ0v) is 29.9. The van der Waals surface area contributed by atoms with Crippen LogP contribution in [0.15, 0.2) is 168 Å². The molecule has 10 rings (SSSR count). The van der Waals surface area contributed by atoms with Crippen LogP contribution in [0.5, 0.6) is 0 Å². The standard InChI is InChI=1S/C49H36N4O/c1-2-3-13-32-22-26-37(27-23-32)53-42-20-11-10-18-38(42)40-30-35(24-28-43(40)53)36-25-29-44-41(31-36)46-39(19-12-21-45(46)54-44)49-51-47(33-14-6-4-7-15-33)50-48(52-49)34-16-8-5-9-17-34/h4-12,14-31H,2-3,13H2,1H3. The number of aryl methyl sites for hydroxylation is 1. The molecule has 54 heavy (non-hydrogen) atoms. The van der Waals surface area contributed by atoms with Gasteiger partial charge in [-0.15, -0.1) is 0 Å². The lowest BCUT2D eigenvalue weighted by atomic mass is 9.99. The fourth-order valence-electron chi connectivity index (χ4n) is 7.74. The Hall–Kier alpha value is -6.85. The van der Waals surface area contributed by atoms with E-state index in [4.69, 9.17) is 19.4 Å². The van der Waals surface area contributed by atoms with Gasteiger partial charge in [-0.25, -0.2) is 15.0 Å². The van der Waals surface area contributed by atoms with Crippen LogP contribution in [0.4, 0.5) is 0 Å². The SMILES string of the molecule is CCCCc1ccc(-n2c3ccccc3c3cc(-c4ccc5oc6cccc(-c7nc(-c8ccccc8)nc(-c8ccccc8)n7)c6c5c4)ccc32)cc1. The van der Waals surface area contributed by atoms with Gasteiger partial charge in [0.25, 0.3) is 0 Å². The number of rotatable bonds is 8. The first-order valence-corrected chi connectivity index (χ1v) is 18.7. The third kappa shape index (κ3) is 5.53. The van der Waals surface area contributed by atoms with Gasteiger partial charge in [0.2, 0.25) is 0 Å². The van der Waals surface area contributed by atoms with Crippen LogP contribution in [0.25, 0.3) is 94.7 Å². The minimum Gasteiger partial charge on any atom is -0.456 e. The van der Waals surface area contributed by atoms with Crippen molar-refractivity contribution in [2.75, 3.05) is 0 Å². The number of aromatic nitrogens is 4. The highest BCUT2D eigenvalue weighted by molar-refractivity contribution is 6.14. The van der Waals surface area contributed by atoms with E-state index in [2.05, 4.69) is 102 Å². The highest BCUT2D eigenvalue weighted by Crippen LogP contribution is 2.40. The van der Waals surface area contributed by atoms with Crippen LogP contribution in [-0.4, -0.2) is 19.5 Å². The summed E-state index contributed by atoms with van der Waals surface area (Å²) in [6.07, 6.45) is 3.53. The normalized spacial score (nSPS) is 11.6. The Labute approximate surface area is 313 Å². The molecule has 0 saturated carbocycles. The first-order chi connectivity index (χ1) is 26.7. The Bertz CT molecular complexity index is 2900. The summed E-state index contributed by atoms with van der Waals surface area (Å²) in [5.74, 6) is 1.86. The Balaban J connectivity index is 1.12. The molecule has 0 saturated heterocycles. The number of unbranched alkanes of at least 4 members (excludes halogenated alkanes) is 1. The Kier molecular flexibility index (Phi) is 7.84. The third-order valence-electron chi connectivity index (χ3n) is 10.5. The largest absolute Gasteiger partial charge is 0.456 e. The van der Waals surface area contributed by atoms with Crippen molar-refractivity contribution in [2.45, 2.75) is 26.2 Å². The van der Waals surface area contributed by atoms with Crippen molar-refractivity contribution in [1.29, 1.82) is 0 Å². The second kappa shape index (κ2) is 13.3. The summed E-state index contributed by atoms with van der Waals surface area (Å²) < 4.78 is 8.86. The van der Waals surface area contributed by atoms with Crippen molar-refractivity contribution < 1.29 is 4.42 Å². The highest BCUT2D eigenvalue weighted by Gasteiger charge is 2.19. The zero-order valence-electron chi connectivity index (χ0n) is 29.9. The fourth-order valence-corrected chi connectivity index (χ4v) is 7.74. The molecule has 0 aliphatic heterocycles. The predicted octanol–water partition coefficient (Wildman–Crippen LogP) is 12.9. The summed E-state index contributed by atoms with van der Waals surface area (Å²) in [5, 5.41) is 4.47. The number of para-hydroxylation sites is 1. The Morgan fingerprint density at radius 1 is 0.481 bits per heavy atom. The monoisotopic (exact) mass is 696 g/mol. The lowest BCUT2D eigenvalue weighted by Gasteiger charge is -2.10. The van der Waals surface area contributed by atoms with Crippen molar-refractivity contribution in [1.82, 2.24) is 19.5 Å². The van der Waals surface area contributed by atoms with Crippen LogP contribution in [0, 0.1) is 0 Å². The molecule has 0 fully saturated rings. The molecule has 0 N–H and O–H groups in total. The van der Waals surface area contributed by atoms with E-state index in [0.29, 0.717) is 17.5 Å². The zero-order chi connectivity index (χ0) is 36.0. The molecule has 5 nitrogen and oxygen atoms in total. The van der Waals surface area contributed by atoms with Crippen LogP contribution in [0.2, 0.25) is 0 Å². The molecule has 0 unspecified atom stereocenters. The minimum absolute atomic E-state index is 0.606. The quantitative estimate of drug-likeness (QED) is 0.159. The molecule has 5 heteroatoms. The maximum absolute atomic E-state index is 6.47. The van der Waals surface area contributed by atoms with Gasteiger partial charge in [-0.2, -0.15) is 0 Å². The first kappa shape index (κ1) is 31.9. The molecule has 3 heterocycles. The lowest BCUT2D eigenvalue weighted by Crippen LogP contribution is -2.00. The highest BCUT2D eigenvalue weighted by atomic mass is 16.3. The van der Waals surface area contributed by atoms with Gasteiger partial charge in [-0.05, 0) is 78.1 Å². The van der Waals surface area contributed by atoms with Gasteiger partial charge in [0.15, 0.2) is 17.5 Å². The van der Waals surface area contributed by atoms with Crippen LogP contribution in [-0.2, 0) is 6.42 Å². The molecule has 0 radical (unpaired) electrons. The number of nitrogens with zero attached hydrogens (tertiary/aromatic N) is 4. The molecule has 0 aliphatic rings. The maximum atomic E-state index is 6.47. The van der Waals surface area contributed by atoms with E-state index in [1.807, 2.05) is 72.8 Å². The van der Waals surface area contributed by atoms with Gasteiger partial charge in [-0.1, -0.05) is 129 Å². The molecule has 258 valence electrons. The minimum atomic E-state index is 0.606. The van der Waals surface area contributed by atoms with Crippen molar-refractivity contribution >= 4 is 43.7 Å². The van der Waals surface area contributed by atoms with Gasteiger partial charge in [0, 0.05) is 43.9 Å². The molecule has 0 spiro atoms. The summed E-state index contributed by atoms with van der Waals surface area (Å²) in [6, 6.07) is 57.4. The van der Waals surface area contributed by atoms with Gasteiger partial charge in [0.1, 0.15) is 11.2 Å². The lowest BCUT2D eigenvalue weighted by molar-refractivity contribution is 0.669. The van der Waals surface area contributed by atoms with Gasteiger partial charge < -0.3 is 8.98 Å². The summed E-state index contributed by atoms with van der Waals surface area (Å²) in [5.41, 5.74) is 11.6. The van der Waals surface area contributed by atoms with Gasteiger partial charge >= 0.3 is 0 Å². The van der Waals surface area contributed by atoms with Gasteiger partial charge in [-0.3, -0.25) is 0 Å². The van der Waals surface area contributed by atoms with Gasteiger partial charge in [0.05, 0.1) is 11.0 Å². The second-order valence-corrected chi connectivity index (χ2v) is 13.9. The molecule has 0 bridgehead atoms. The molecule has 7 aromatic carbocycles. The van der Waals surface area contributed by atoms with E-state index in [1.54, 1.807) is 0 Å². The maximum Gasteiger partial charge on any atom is 0.164 e. The molecule has 0 atom stereocenters. The molecule has 3 aromatic heterocycles. The molecular formula is C49H36N4O. The smallest absolute Gasteiger partial charge is 0.164 e. The molecular weight excluding hydrogens is 661 g/mol. The Morgan fingerprint density at radius 2 is 1.11 bits per heavy atom. The van der Waals surface area contributed by atoms with E-state index in [1.165, 1.54) is 45.9 Å². The number of furan rings is 1. The second-order valence-electron chi connectivity index (χ2n) is 13.9. The van der Waals surface area contributed by atoms with Crippen LogP contribution in [0.3, 0.4) is 0 Å². The summed E-state index contributed by atoms with van der Waals surface area (Å²) in [4.78, 5) is 15.0. The summed E-state index contributed by atoms with van der Waals surface area (Å²) >= 11 is 0. The predicted molar refractivity (Wildman–Crippen MR) is 222 cm³/mol. The number of fused-ring (bicyclic) bond motifs is 6. The van der Waals surface area contributed by atoms with E-state index in [-0.39, 0.29) is 0 Å². The number of benzene rings is 7. The fraction of sp³-hybridized carbons (Fsp3) is 0.0816. The van der Waals surface area contributed by atoms with Crippen LogP contribution >= 0.6 is 0 Å². The van der Waals surface area contributed by atoms with E-state index in [9.17, 15) is 0 Å². The van der Waals surface area contributed by atoms with Crippen LogP contribution in [0.1, 0.15) is 25.3 Å². The molecule has 10 aromatic rings. The Morgan fingerprint density at radius 3 is 1.83 bits per heavy atom. The van der Waals surface area contributed by atoms with E-state index >= 15 is 0 Å². The number of hydrogen-bond acceptors (Lipinski definition) is 4. The topological polar surface area (TPSA) is 56.7 Å². The van der Waals surface area contributed by atoms with E-state index < -0.39 is 0 Å². The summed E-state index contributed by atoms with van der Waals surface area (Å²) in [6.45, 7) is 2.24. The summed E-state index contributed by atoms with van der Waals surface area (Å²) in [7, 11) is 0. The van der Waals surface area contributed by atoms with Crippen molar-refractivity contribution in [3.63, 3.8) is 0 Å². The van der Waals surface area contributed by atoms with Crippen molar-refractivity contribution in [3.8, 4) is 51.0 Å². The van der Waals surface area contributed by atoms with E-state index in [0.717, 1.165) is 56.2 Å². The first-order valence-electron chi connectivity index (χ1n) is 18.7.